The van der Waals surface area contributed by atoms with Crippen LogP contribution in [0.5, 0.6) is 5.75 Å². The van der Waals surface area contributed by atoms with E-state index in [1.807, 2.05) is 6.07 Å². The van der Waals surface area contributed by atoms with Crippen LogP contribution in [0, 0.1) is 0 Å². The number of ether oxygens (including phenoxy) is 1. The van der Waals surface area contributed by atoms with Crippen LogP contribution in [-0.2, 0) is 0 Å². The lowest BCUT2D eigenvalue weighted by Gasteiger charge is -2.20. The van der Waals surface area contributed by atoms with Gasteiger partial charge in [-0.05, 0) is 62.7 Å². The Labute approximate surface area is 136 Å². The van der Waals surface area contributed by atoms with Crippen molar-refractivity contribution in [3.8, 4) is 5.75 Å². The minimum atomic E-state index is -0.116. The Morgan fingerprint density at radius 1 is 1.38 bits per heavy atom. The molecule has 0 aliphatic carbocycles. The highest BCUT2D eigenvalue weighted by Crippen LogP contribution is 2.34. The molecule has 1 atom stereocenters. The van der Waals surface area contributed by atoms with Crippen molar-refractivity contribution in [2.24, 2.45) is 0 Å². The number of benzene rings is 1. The van der Waals surface area contributed by atoms with Gasteiger partial charge in [0.25, 0.3) is 0 Å². The molecule has 0 saturated carbocycles. The highest BCUT2D eigenvalue weighted by atomic mass is 35.5. The summed E-state index contributed by atoms with van der Waals surface area (Å²) in [5.41, 5.74) is 0. The first-order valence-corrected chi connectivity index (χ1v) is 10.1. The first kappa shape index (κ1) is 16.9. The highest BCUT2D eigenvalue weighted by Gasteiger charge is 2.23. The Kier molecular flexibility index (Phi) is 6.23. The average Bonchev–Trinajstić information content (AvgIpc) is 2.89. The summed E-state index contributed by atoms with van der Waals surface area (Å²) in [6, 6.07) is 6.83. The fourth-order valence-corrected chi connectivity index (χ4v) is 3.52. The summed E-state index contributed by atoms with van der Waals surface area (Å²) in [4.78, 5) is 6.11. The van der Waals surface area contributed by atoms with E-state index in [1.54, 1.807) is 0 Å². The first-order valence-electron chi connectivity index (χ1n) is 7.46. The summed E-state index contributed by atoms with van der Waals surface area (Å²) < 4.78 is 5.91. The van der Waals surface area contributed by atoms with Gasteiger partial charge in [-0.15, -0.1) is 0 Å². The molecule has 5 heteroatoms. The Morgan fingerprint density at radius 3 is 2.76 bits per heavy atom. The lowest BCUT2D eigenvalue weighted by molar-refractivity contribution is 0.220. The Balaban J connectivity index is 1.82. The Morgan fingerprint density at radius 2 is 2.14 bits per heavy atom. The molecule has 2 rings (SSSR count). The highest BCUT2D eigenvalue weighted by molar-refractivity contribution is 8.15. The van der Waals surface area contributed by atoms with E-state index in [4.69, 9.17) is 16.3 Å². The maximum Gasteiger partial charge on any atom is 0.139 e. The second-order valence-electron chi connectivity index (χ2n) is 6.06. The maximum atomic E-state index is 6.22. The summed E-state index contributed by atoms with van der Waals surface area (Å²) in [6.45, 7) is 3.97. The minimum absolute atomic E-state index is 0.116. The van der Waals surface area contributed by atoms with Gasteiger partial charge < -0.3 is 9.64 Å². The van der Waals surface area contributed by atoms with Gasteiger partial charge in [-0.2, -0.15) is 0 Å². The molecule has 1 fully saturated rings. The third kappa shape index (κ3) is 4.78. The van der Waals surface area contributed by atoms with Gasteiger partial charge in [0.2, 0.25) is 0 Å². The van der Waals surface area contributed by atoms with Crippen LogP contribution >= 0.6 is 22.5 Å². The van der Waals surface area contributed by atoms with Crippen molar-refractivity contribution in [2.75, 3.05) is 52.8 Å². The molecule has 120 valence electrons. The summed E-state index contributed by atoms with van der Waals surface area (Å²) in [5, 5.41) is 0.711. The average molecular weight is 331 g/mol. The molecule has 1 saturated heterocycles. The molecule has 3 nitrogen and oxygen atoms in total. The Bertz CT molecular complexity index is 468. The van der Waals surface area contributed by atoms with Crippen molar-refractivity contribution in [1.29, 1.82) is 0 Å². The molecule has 0 amide bonds. The van der Waals surface area contributed by atoms with E-state index in [-0.39, 0.29) is 10.9 Å². The maximum absolute atomic E-state index is 6.22. The van der Waals surface area contributed by atoms with E-state index in [0.29, 0.717) is 17.7 Å². The molecule has 1 heterocycles. The summed E-state index contributed by atoms with van der Waals surface area (Å²) >= 11 is 6.22. The molecule has 1 aromatic rings. The van der Waals surface area contributed by atoms with E-state index in [0.717, 1.165) is 25.4 Å². The van der Waals surface area contributed by atoms with E-state index in [9.17, 15) is 0 Å². The number of rotatable bonds is 6. The van der Waals surface area contributed by atoms with Gasteiger partial charge in [0.05, 0.1) is 5.02 Å². The number of hydrogen-bond acceptors (Lipinski definition) is 3. The Hall–Kier alpha value is -0.420. The number of hydrogen-bond donors (Lipinski definition) is 1. The SMILES string of the molecule is CN(C)C1CCN(CCOc2cc([SH](C)C)ccc2Cl)C1. The molecule has 0 N–H and O–H groups in total. The lowest BCUT2D eigenvalue weighted by atomic mass is 10.2. The van der Waals surface area contributed by atoms with Crippen molar-refractivity contribution in [3.63, 3.8) is 0 Å². The van der Waals surface area contributed by atoms with Gasteiger partial charge in [-0.3, -0.25) is 4.90 Å². The van der Waals surface area contributed by atoms with E-state index in [2.05, 4.69) is 48.5 Å². The zero-order chi connectivity index (χ0) is 15.4. The van der Waals surface area contributed by atoms with E-state index >= 15 is 0 Å². The van der Waals surface area contributed by atoms with Crippen LogP contribution in [0.4, 0.5) is 0 Å². The van der Waals surface area contributed by atoms with Crippen LogP contribution in [-0.4, -0.2) is 68.7 Å². The molecule has 21 heavy (non-hydrogen) atoms. The van der Waals surface area contributed by atoms with Crippen LogP contribution in [0.15, 0.2) is 23.1 Å². The normalized spacial score (nSPS) is 20.1. The molecule has 1 aliphatic rings. The predicted molar refractivity (Wildman–Crippen MR) is 94.6 cm³/mol. The second kappa shape index (κ2) is 7.73. The van der Waals surface area contributed by atoms with Crippen LogP contribution in [0.1, 0.15) is 6.42 Å². The molecular formula is C16H27ClN2OS. The number of halogens is 1. The number of thiol groups is 1. The van der Waals surface area contributed by atoms with Crippen LogP contribution < -0.4 is 4.74 Å². The van der Waals surface area contributed by atoms with Crippen molar-refractivity contribution in [3.05, 3.63) is 23.2 Å². The first-order chi connectivity index (χ1) is 9.97. The molecular weight excluding hydrogens is 304 g/mol. The van der Waals surface area contributed by atoms with E-state index < -0.39 is 0 Å². The van der Waals surface area contributed by atoms with Gasteiger partial charge in [-0.1, -0.05) is 11.6 Å². The van der Waals surface area contributed by atoms with E-state index in [1.165, 1.54) is 11.3 Å². The molecule has 0 radical (unpaired) electrons. The zero-order valence-electron chi connectivity index (χ0n) is 13.5. The fourth-order valence-electron chi connectivity index (χ4n) is 2.60. The molecule has 1 aliphatic heterocycles. The predicted octanol–water partition coefficient (Wildman–Crippen LogP) is 2.97. The summed E-state index contributed by atoms with van der Waals surface area (Å²) in [6.07, 6.45) is 5.74. The molecule has 0 spiro atoms. The number of likely N-dealkylation sites (tertiary alicyclic amines) is 1. The monoisotopic (exact) mass is 330 g/mol. The van der Waals surface area contributed by atoms with Gasteiger partial charge in [0.15, 0.2) is 0 Å². The van der Waals surface area contributed by atoms with Crippen LogP contribution in [0.2, 0.25) is 5.02 Å². The quantitative estimate of drug-likeness (QED) is 0.808. The van der Waals surface area contributed by atoms with Crippen molar-refractivity contribution < 1.29 is 4.74 Å². The van der Waals surface area contributed by atoms with Crippen LogP contribution in [0.25, 0.3) is 0 Å². The third-order valence-corrected chi connectivity index (χ3v) is 5.70. The summed E-state index contributed by atoms with van der Waals surface area (Å²) in [7, 11) is 4.20. The van der Waals surface area contributed by atoms with Gasteiger partial charge >= 0.3 is 0 Å². The molecule has 0 bridgehead atoms. The molecule has 1 unspecified atom stereocenters. The zero-order valence-corrected chi connectivity index (χ0v) is 15.1. The smallest absolute Gasteiger partial charge is 0.139 e. The van der Waals surface area contributed by atoms with Crippen LogP contribution in [0.3, 0.4) is 0 Å². The molecule has 0 aromatic heterocycles. The van der Waals surface area contributed by atoms with Crippen molar-refractivity contribution in [1.82, 2.24) is 9.80 Å². The van der Waals surface area contributed by atoms with Crippen molar-refractivity contribution in [2.45, 2.75) is 17.4 Å². The third-order valence-electron chi connectivity index (χ3n) is 4.07. The molecule has 1 aromatic carbocycles. The lowest BCUT2D eigenvalue weighted by Crippen LogP contribution is -2.33. The van der Waals surface area contributed by atoms with Gasteiger partial charge in [0.1, 0.15) is 12.4 Å². The number of nitrogens with zero attached hydrogens (tertiary/aromatic N) is 2. The van der Waals surface area contributed by atoms with Crippen molar-refractivity contribution >= 4 is 22.5 Å². The summed E-state index contributed by atoms with van der Waals surface area (Å²) in [5.74, 6) is 0.828. The van der Waals surface area contributed by atoms with Gasteiger partial charge in [-0.25, -0.2) is 10.9 Å². The van der Waals surface area contributed by atoms with Gasteiger partial charge in [0, 0.05) is 19.1 Å². The standard InChI is InChI=1S/C16H27ClN2OS/c1-18(2)13-7-8-19(12-13)9-10-20-16-11-14(21(3)4)5-6-15(16)17/h5-6,11,13,21H,7-10,12H2,1-4H3. The minimum Gasteiger partial charge on any atom is -0.491 e. The number of likely N-dealkylation sites (N-methyl/N-ethyl adjacent to an activating group) is 1. The fraction of sp³-hybridized carbons (Fsp3) is 0.625. The topological polar surface area (TPSA) is 15.7 Å². The largest absolute Gasteiger partial charge is 0.491 e. The second-order valence-corrected chi connectivity index (χ2v) is 8.78.